The van der Waals surface area contributed by atoms with Gasteiger partial charge in [0.1, 0.15) is 23.2 Å². The van der Waals surface area contributed by atoms with Crippen LogP contribution in [0.1, 0.15) is 102 Å². The third-order valence-electron chi connectivity index (χ3n) is 13.6. The number of alkyl carbamates (subject to hydrolysis) is 1. The van der Waals surface area contributed by atoms with Crippen molar-refractivity contribution in [3.8, 4) is 33.6 Å². The zero-order valence-electron chi connectivity index (χ0n) is 35.0. The number of nitrogens with zero attached hydrogens (tertiary/aromatic N) is 3. The number of ether oxygens (including phenoxy) is 1. The maximum atomic E-state index is 14.1. The summed E-state index contributed by atoms with van der Waals surface area (Å²) in [6.45, 7) is 3.65. The molecule has 3 saturated carbocycles. The molecule has 4 amide bonds. The normalized spacial score (nSPS) is 23.6. The van der Waals surface area contributed by atoms with Gasteiger partial charge >= 0.3 is 6.09 Å². The summed E-state index contributed by atoms with van der Waals surface area (Å²) in [5.74, 6) is 0.549. The van der Waals surface area contributed by atoms with Gasteiger partial charge in [-0.05, 0) is 85.0 Å². The Hall–Kier alpha value is -5.60. The number of rotatable bonds is 13. The highest BCUT2D eigenvalue weighted by Crippen LogP contribution is 2.56. The molecule has 8 rings (SSSR count). The first-order valence-electron chi connectivity index (χ1n) is 21.8. The molecule has 6 atom stereocenters. The van der Waals surface area contributed by atoms with Crippen molar-refractivity contribution in [1.82, 2.24) is 40.8 Å². The van der Waals surface area contributed by atoms with Crippen LogP contribution in [0.15, 0.2) is 60.9 Å². The Kier molecular flexibility index (Phi) is 12.3. The van der Waals surface area contributed by atoms with Crippen LogP contribution in [0.2, 0.25) is 0 Å². The first-order chi connectivity index (χ1) is 29.4. The number of carbonyl (C=O) groups is 4. The SMILES string of the molecule is COC(=O)N[C@H](C(=O)N1CCC[C@H]1c1ncc(-c2ccc(-c3ccc(-c4cnc([C@@H]5C6CCC(C6)[C@H]5C(=O)NC5(C(=O)NCC(F)F)CCCCC5)[nH]4)cc3)cc2)[nH]1)C(C)C. The number of aromatic nitrogens is 4. The molecular formula is C46H56F2N8O5. The Labute approximate surface area is 354 Å². The van der Waals surface area contributed by atoms with Gasteiger partial charge in [0, 0.05) is 12.5 Å². The molecule has 61 heavy (non-hydrogen) atoms. The highest BCUT2D eigenvalue weighted by Gasteiger charge is 2.54. The van der Waals surface area contributed by atoms with E-state index in [4.69, 9.17) is 9.72 Å². The van der Waals surface area contributed by atoms with Crippen molar-refractivity contribution in [2.75, 3.05) is 20.2 Å². The Morgan fingerprint density at radius 2 is 1.41 bits per heavy atom. The lowest BCUT2D eigenvalue weighted by atomic mass is 9.76. The number of hydrogen-bond donors (Lipinski definition) is 5. The lowest BCUT2D eigenvalue weighted by molar-refractivity contribution is -0.138. The van der Waals surface area contributed by atoms with Gasteiger partial charge in [-0.25, -0.2) is 23.5 Å². The number of aromatic amines is 2. The van der Waals surface area contributed by atoms with Gasteiger partial charge < -0.3 is 35.6 Å². The minimum Gasteiger partial charge on any atom is -0.453 e. The molecule has 2 bridgehead atoms. The Morgan fingerprint density at radius 3 is 2.02 bits per heavy atom. The van der Waals surface area contributed by atoms with E-state index in [0.29, 0.717) is 31.1 Å². The van der Waals surface area contributed by atoms with Gasteiger partial charge in [0.25, 0.3) is 6.43 Å². The maximum Gasteiger partial charge on any atom is 0.407 e. The van der Waals surface area contributed by atoms with Crippen LogP contribution in [-0.2, 0) is 19.1 Å². The zero-order valence-corrected chi connectivity index (χ0v) is 35.0. The molecule has 324 valence electrons. The van der Waals surface area contributed by atoms with Gasteiger partial charge in [-0.3, -0.25) is 14.4 Å². The van der Waals surface area contributed by atoms with Crippen LogP contribution in [0.5, 0.6) is 0 Å². The molecular weight excluding hydrogens is 783 g/mol. The first-order valence-corrected chi connectivity index (χ1v) is 21.8. The molecule has 13 nitrogen and oxygen atoms in total. The predicted molar refractivity (Wildman–Crippen MR) is 225 cm³/mol. The molecule has 3 aliphatic carbocycles. The van der Waals surface area contributed by atoms with E-state index in [1.54, 1.807) is 11.1 Å². The number of alkyl halides is 2. The van der Waals surface area contributed by atoms with Crippen molar-refractivity contribution < 1.29 is 32.7 Å². The number of H-pyrrole nitrogens is 2. The van der Waals surface area contributed by atoms with Gasteiger partial charge in [0.05, 0.1) is 49.4 Å². The summed E-state index contributed by atoms with van der Waals surface area (Å²) in [5, 5.41) is 8.20. The average Bonchev–Trinajstić information content (AvgIpc) is 4.13. The number of nitrogens with one attached hydrogen (secondary N) is 5. The van der Waals surface area contributed by atoms with Crippen LogP contribution >= 0.6 is 0 Å². The number of imidazole rings is 2. The lowest BCUT2D eigenvalue weighted by Crippen LogP contribution is -2.61. The van der Waals surface area contributed by atoms with E-state index in [9.17, 15) is 28.0 Å². The van der Waals surface area contributed by atoms with Gasteiger partial charge in [-0.2, -0.15) is 0 Å². The van der Waals surface area contributed by atoms with Crippen LogP contribution in [0, 0.1) is 23.7 Å². The summed E-state index contributed by atoms with van der Waals surface area (Å²) in [7, 11) is 1.28. The van der Waals surface area contributed by atoms with Crippen LogP contribution in [-0.4, -0.2) is 86.9 Å². The number of likely N-dealkylation sites (tertiary alicyclic amines) is 1. The van der Waals surface area contributed by atoms with Crippen LogP contribution in [0.25, 0.3) is 33.6 Å². The van der Waals surface area contributed by atoms with E-state index in [-0.39, 0.29) is 41.5 Å². The topological polar surface area (TPSA) is 174 Å². The van der Waals surface area contributed by atoms with Crippen molar-refractivity contribution in [1.29, 1.82) is 0 Å². The quantitative estimate of drug-likeness (QED) is 0.0927. The van der Waals surface area contributed by atoms with Crippen molar-refractivity contribution in [2.24, 2.45) is 23.7 Å². The number of carbonyl (C=O) groups excluding carboxylic acids is 4. The average molecular weight is 839 g/mol. The molecule has 1 saturated heterocycles. The number of fused-ring (bicyclic) bond motifs is 2. The van der Waals surface area contributed by atoms with Gasteiger partial charge in [0.15, 0.2) is 0 Å². The van der Waals surface area contributed by atoms with Crippen molar-refractivity contribution in [3.63, 3.8) is 0 Å². The predicted octanol–water partition coefficient (Wildman–Crippen LogP) is 7.51. The summed E-state index contributed by atoms with van der Waals surface area (Å²) in [5.41, 5.74) is 4.54. The molecule has 15 heteroatoms. The molecule has 4 fully saturated rings. The van der Waals surface area contributed by atoms with E-state index in [0.717, 1.165) is 90.8 Å². The number of benzene rings is 2. The summed E-state index contributed by atoms with van der Waals surface area (Å²) >= 11 is 0. The van der Waals surface area contributed by atoms with Gasteiger partial charge in [0.2, 0.25) is 17.7 Å². The molecule has 0 spiro atoms. The number of halogens is 2. The van der Waals surface area contributed by atoms with Crippen LogP contribution < -0.4 is 16.0 Å². The monoisotopic (exact) mass is 838 g/mol. The van der Waals surface area contributed by atoms with Crippen LogP contribution in [0.3, 0.4) is 0 Å². The molecule has 2 unspecified atom stereocenters. The van der Waals surface area contributed by atoms with E-state index < -0.39 is 36.6 Å². The molecule has 4 aliphatic rings. The molecule has 0 radical (unpaired) electrons. The van der Waals surface area contributed by atoms with E-state index in [2.05, 4.69) is 67.3 Å². The second-order valence-corrected chi connectivity index (χ2v) is 17.7. The fraction of sp³-hybridized carbons (Fsp3) is 0.522. The highest BCUT2D eigenvalue weighted by molar-refractivity contribution is 5.93. The van der Waals surface area contributed by atoms with Crippen molar-refractivity contribution in [2.45, 2.75) is 108 Å². The molecule has 4 aromatic rings. The van der Waals surface area contributed by atoms with Gasteiger partial charge in [-0.15, -0.1) is 0 Å². The summed E-state index contributed by atoms with van der Waals surface area (Å²) in [6.07, 6.45) is 8.16. The minimum atomic E-state index is -2.66. The second-order valence-electron chi connectivity index (χ2n) is 17.7. The fourth-order valence-electron chi connectivity index (χ4n) is 10.5. The maximum absolute atomic E-state index is 14.1. The van der Waals surface area contributed by atoms with Crippen molar-refractivity contribution in [3.05, 3.63) is 72.6 Å². The van der Waals surface area contributed by atoms with Crippen LogP contribution in [0.4, 0.5) is 13.6 Å². The first kappa shape index (κ1) is 42.1. The van der Waals surface area contributed by atoms with E-state index >= 15 is 0 Å². The molecule has 1 aliphatic heterocycles. The highest BCUT2D eigenvalue weighted by atomic mass is 19.3. The third kappa shape index (κ3) is 8.65. The Morgan fingerprint density at radius 1 is 0.820 bits per heavy atom. The lowest BCUT2D eigenvalue weighted by Gasteiger charge is -2.39. The summed E-state index contributed by atoms with van der Waals surface area (Å²) < 4.78 is 30.8. The molecule has 2 aromatic heterocycles. The molecule has 5 N–H and O–H groups in total. The molecule has 2 aromatic carbocycles. The second kappa shape index (κ2) is 17.8. The van der Waals surface area contributed by atoms with E-state index in [1.165, 1.54) is 7.11 Å². The minimum absolute atomic E-state index is 0.115. The largest absolute Gasteiger partial charge is 0.453 e. The Bertz CT molecular complexity index is 2200. The number of methoxy groups -OCH3 is 1. The van der Waals surface area contributed by atoms with E-state index in [1.807, 2.05) is 32.2 Å². The summed E-state index contributed by atoms with van der Waals surface area (Å²) in [4.78, 5) is 71.2. The fourth-order valence-corrected chi connectivity index (χ4v) is 10.5. The smallest absolute Gasteiger partial charge is 0.407 e. The third-order valence-corrected chi connectivity index (χ3v) is 13.6. The number of amides is 4. The Balaban J connectivity index is 0.925. The van der Waals surface area contributed by atoms with Gasteiger partial charge in [-0.1, -0.05) is 81.6 Å². The molecule has 3 heterocycles. The van der Waals surface area contributed by atoms with Crippen molar-refractivity contribution >= 4 is 23.8 Å². The number of hydrogen-bond acceptors (Lipinski definition) is 7. The standard InChI is InChI=1S/C46H56F2N8O5/c1-26(2)39(54-45(60)61-3)43(58)56-21-7-8-35(56)40-49-23-33(52-40)29-13-9-27(10-14-29)28-11-15-30(16-12-28)34-24-50-41(53-34)37-31-17-18-32(22-31)38(37)42(57)55-46(19-5-4-6-20-46)44(59)51-25-36(47)48/h9-16,23-24,26,31-32,35-39H,4-8,17-22,25H2,1-3H3,(H,49,52)(H,50,53)(H,51,59)(H,54,60)(H,55,57)/t31?,32?,35-,37+,38+,39-/m0/s1. The zero-order chi connectivity index (χ0) is 42.8. The summed E-state index contributed by atoms with van der Waals surface area (Å²) in [6, 6.07) is 15.5.